The largest absolute Gasteiger partial charge is 0.378 e. The Balaban J connectivity index is 1.55. The summed E-state index contributed by atoms with van der Waals surface area (Å²) in [5.74, 6) is 0.836. The SMILES string of the molecule is CC1CCN(C(=O)c2cccc(NCC(=O)N3CCOCC3)c2)CC1. The van der Waals surface area contributed by atoms with Crippen molar-refractivity contribution in [2.24, 2.45) is 5.92 Å². The maximum Gasteiger partial charge on any atom is 0.253 e. The first-order valence-electron chi connectivity index (χ1n) is 9.12. The second-order valence-electron chi connectivity index (χ2n) is 6.90. The number of hydrogen-bond donors (Lipinski definition) is 1. The van der Waals surface area contributed by atoms with Crippen molar-refractivity contribution < 1.29 is 14.3 Å². The predicted molar refractivity (Wildman–Crippen MR) is 96.6 cm³/mol. The number of nitrogens with one attached hydrogen (secondary N) is 1. The van der Waals surface area contributed by atoms with Gasteiger partial charge < -0.3 is 19.9 Å². The van der Waals surface area contributed by atoms with Gasteiger partial charge in [-0.1, -0.05) is 13.0 Å². The van der Waals surface area contributed by atoms with Gasteiger partial charge in [0.1, 0.15) is 0 Å². The molecule has 2 heterocycles. The minimum atomic E-state index is 0.0602. The van der Waals surface area contributed by atoms with Gasteiger partial charge in [0.15, 0.2) is 0 Å². The van der Waals surface area contributed by atoms with E-state index in [0.717, 1.165) is 31.6 Å². The molecule has 0 aliphatic carbocycles. The quantitative estimate of drug-likeness (QED) is 0.904. The summed E-state index contributed by atoms with van der Waals surface area (Å²) in [4.78, 5) is 28.6. The van der Waals surface area contributed by atoms with E-state index in [0.29, 0.717) is 37.8 Å². The lowest BCUT2D eigenvalue weighted by Gasteiger charge is -2.30. The average Bonchev–Trinajstić information content (AvgIpc) is 2.67. The third kappa shape index (κ3) is 4.72. The number of likely N-dealkylation sites (tertiary alicyclic amines) is 1. The summed E-state index contributed by atoms with van der Waals surface area (Å²) in [6.07, 6.45) is 2.13. The van der Waals surface area contributed by atoms with Gasteiger partial charge in [-0.3, -0.25) is 9.59 Å². The summed E-state index contributed by atoms with van der Waals surface area (Å²) < 4.78 is 5.26. The Morgan fingerprint density at radius 3 is 2.56 bits per heavy atom. The highest BCUT2D eigenvalue weighted by atomic mass is 16.5. The van der Waals surface area contributed by atoms with E-state index < -0.39 is 0 Å². The molecule has 0 unspecified atom stereocenters. The Bertz CT molecular complexity index is 606. The molecular formula is C19H27N3O3. The number of piperidine rings is 1. The number of morpholine rings is 1. The van der Waals surface area contributed by atoms with Gasteiger partial charge in [0, 0.05) is 37.4 Å². The smallest absolute Gasteiger partial charge is 0.253 e. The third-order valence-corrected chi connectivity index (χ3v) is 4.99. The molecule has 2 aliphatic rings. The highest BCUT2D eigenvalue weighted by Gasteiger charge is 2.21. The Morgan fingerprint density at radius 1 is 1.12 bits per heavy atom. The molecule has 2 aliphatic heterocycles. The molecule has 3 rings (SSSR count). The second-order valence-corrected chi connectivity index (χ2v) is 6.90. The van der Waals surface area contributed by atoms with Crippen LogP contribution in [0.25, 0.3) is 0 Å². The molecule has 0 bridgehead atoms. The fraction of sp³-hybridized carbons (Fsp3) is 0.579. The molecule has 2 amide bonds. The molecule has 0 aromatic heterocycles. The van der Waals surface area contributed by atoms with Crippen LogP contribution in [0.5, 0.6) is 0 Å². The van der Waals surface area contributed by atoms with E-state index in [9.17, 15) is 9.59 Å². The van der Waals surface area contributed by atoms with Crippen molar-refractivity contribution >= 4 is 17.5 Å². The summed E-state index contributed by atoms with van der Waals surface area (Å²) in [5, 5.41) is 3.14. The lowest BCUT2D eigenvalue weighted by atomic mass is 9.98. The molecular weight excluding hydrogens is 318 g/mol. The number of nitrogens with zero attached hydrogens (tertiary/aromatic N) is 2. The molecule has 1 aromatic carbocycles. The molecule has 0 spiro atoms. The Kier molecular flexibility index (Phi) is 5.91. The van der Waals surface area contributed by atoms with Crippen molar-refractivity contribution in [2.45, 2.75) is 19.8 Å². The molecule has 6 nitrogen and oxygen atoms in total. The van der Waals surface area contributed by atoms with Crippen LogP contribution in [0.4, 0.5) is 5.69 Å². The first-order valence-corrected chi connectivity index (χ1v) is 9.12. The van der Waals surface area contributed by atoms with E-state index in [-0.39, 0.29) is 18.4 Å². The second kappa shape index (κ2) is 8.34. The maximum atomic E-state index is 12.7. The standard InChI is InChI=1S/C19H27N3O3/c1-15-5-7-22(8-6-15)19(24)16-3-2-4-17(13-16)20-14-18(23)21-9-11-25-12-10-21/h2-4,13,15,20H,5-12,14H2,1H3. The Hall–Kier alpha value is -2.08. The van der Waals surface area contributed by atoms with Crippen LogP contribution in [0.1, 0.15) is 30.1 Å². The molecule has 2 saturated heterocycles. The van der Waals surface area contributed by atoms with Crippen LogP contribution in [-0.2, 0) is 9.53 Å². The van der Waals surface area contributed by atoms with Crippen LogP contribution >= 0.6 is 0 Å². The zero-order valence-electron chi connectivity index (χ0n) is 14.9. The Labute approximate surface area is 149 Å². The summed E-state index contributed by atoms with van der Waals surface area (Å²) in [5.41, 5.74) is 1.48. The van der Waals surface area contributed by atoms with Crippen LogP contribution in [-0.4, -0.2) is 67.6 Å². The van der Waals surface area contributed by atoms with E-state index in [4.69, 9.17) is 4.74 Å². The minimum Gasteiger partial charge on any atom is -0.378 e. The van der Waals surface area contributed by atoms with Crippen LogP contribution in [0, 0.1) is 5.92 Å². The van der Waals surface area contributed by atoms with Crippen LogP contribution in [0.3, 0.4) is 0 Å². The van der Waals surface area contributed by atoms with Crippen molar-refractivity contribution in [1.82, 2.24) is 9.80 Å². The number of carbonyl (C=O) groups excluding carboxylic acids is 2. The molecule has 2 fully saturated rings. The Morgan fingerprint density at radius 2 is 1.84 bits per heavy atom. The summed E-state index contributed by atoms with van der Waals surface area (Å²) in [6.45, 7) is 6.62. The minimum absolute atomic E-state index is 0.0602. The van der Waals surface area contributed by atoms with Crippen molar-refractivity contribution in [2.75, 3.05) is 51.3 Å². The molecule has 6 heteroatoms. The van der Waals surface area contributed by atoms with Crippen LogP contribution in [0.15, 0.2) is 24.3 Å². The van der Waals surface area contributed by atoms with E-state index in [1.54, 1.807) is 4.90 Å². The van der Waals surface area contributed by atoms with Crippen molar-refractivity contribution in [3.63, 3.8) is 0 Å². The first-order chi connectivity index (χ1) is 12.1. The van der Waals surface area contributed by atoms with Crippen molar-refractivity contribution in [1.29, 1.82) is 0 Å². The normalized spacial score (nSPS) is 18.9. The number of rotatable bonds is 4. The molecule has 1 N–H and O–H groups in total. The molecule has 136 valence electrons. The highest BCUT2D eigenvalue weighted by Crippen LogP contribution is 2.19. The molecule has 0 saturated carbocycles. The van der Waals surface area contributed by atoms with E-state index in [1.807, 2.05) is 29.2 Å². The van der Waals surface area contributed by atoms with Gasteiger partial charge in [-0.2, -0.15) is 0 Å². The number of anilines is 1. The van der Waals surface area contributed by atoms with Gasteiger partial charge in [-0.15, -0.1) is 0 Å². The molecule has 0 atom stereocenters. The molecule has 1 aromatic rings. The number of hydrogen-bond acceptors (Lipinski definition) is 4. The summed E-state index contributed by atoms with van der Waals surface area (Å²) in [6, 6.07) is 7.44. The number of carbonyl (C=O) groups is 2. The van der Waals surface area contributed by atoms with Gasteiger partial charge in [-0.25, -0.2) is 0 Å². The third-order valence-electron chi connectivity index (χ3n) is 4.99. The molecule has 25 heavy (non-hydrogen) atoms. The average molecular weight is 345 g/mol. The molecule has 0 radical (unpaired) electrons. The van der Waals surface area contributed by atoms with Crippen molar-refractivity contribution in [3.8, 4) is 0 Å². The van der Waals surface area contributed by atoms with Gasteiger partial charge in [0.05, 0.1) is 19.8 Å². The fourth-order valence-corrected chi connectivity index (χ4v) is 3.26. The van der Waals surface area contributed by atoms with Gasteiger partial charge in [0.25, 0.3) is 5.91 Å². The monoisotopic (exact) mass is 345 g/mol. The highest BCUT2D eigenvalue weighted by molar-refractivity contribution is 5.95. The van der Waals surface area contributed by atoms with Crippen LogP contribution < -0.4 is 5.32 Å². The van der Waals surface area contributed by atoms with E-state index >= 15 is 0 Å². The van der Waals surface area contributed by atoms with Crippen LogP contribution in [0.2, 0.25) is 0 Å². The lowest BCUT2D eigenvalue weighted by Crippen LogP contribution is -2.43. The van der Waals surface area contributed by atoms with E-state index in [2.05, 4.69) is 12.2 Å². The number of amides is 2. The number of benzene rings is 1. The fourth-order valence-electron chi connectivity index (χ4n) is 3.26. The lowest BCUT2D eigenvalue weighted by molar-refractivity contribution is -0.133. The van der Waals surface area contributed by atoms with Crippen molar-refractivity contribution in [3.05, 3.63) is 29.8 Å². The van der Waals surface area contributed by atoms with Gasteiger partial charge in [0.2, 0.25) is 5.91 Å². The topological polar surface area (TPSA) is 61.9 Å². The summed E-state index contributed by atoms with van der Waals surface area (Å²) >= 11 is 0. The van der Waals surface area contributed by atoms with E-state index in [1.165, 1.54) is 0 Å². The van der Waals surface area contributed by atoms with Gasteiger partial charge in [-0.05, 0) is 37.0 Å². The summed E-state index contributed by atoms with van der Waals surface area (Å²) in [7, 11) is 0. The maximum absolute atomic E-state index is 12.7. The predicted octanol–water partition coefficient (Wildman–Crippen LogP) is 1.83. The zero-order chi connectivity index (χ0) is 17.6. The zero-order valence-corrected chi connectivity index (χ0v) is 14.9. The van der Waals surface area contributed by atoms with Gasteiger partial charge >= 0.3 is 0 Å². The number of ether oxygens (including phenoxy) is 1. The first kappa shape index (κ1) is 17.7.